The highest BCUT2D eigenvalue weighted by molar-refractivity contribution is 5.51. The molecule has 0 amide bonds. The van der Waals surface area contributed by atoms with Crippen LogP contribution in [0.5, 0.6) is 0 Å². The van der Waals surface area contributed by atoms with E-state index in [2.05, 4.69) is 10.2 Å². The van der Waals surface area contributed by atoms with E-state index in [1.165, 1.54) is 10.7 Å². The van der Waals surface area contributed by atoms with Gasteiger partial charge in [-0.1, -0.05) is 0 Å². The van der Waals surface area contributed by atoms with Crippen LogP contribution in [0.1, 0.15) is 12.0 Å². The average Bonchev–Trinajstić information content (AvgIpc) is 2.66. The quantitative estimate of drug-likeness (QED) is 0.683. The van der Waals surface area contributed by atoms with Crippen LogP contribution in [0, 0.1) is 5.82 Å². The summed E-state index contributed by atoms with van der Waals surface area (Å²) in [5.41, 5.74) is 0.700. The lowest BCUT2D eigenvalue weighted by atomic mass is 10.1. The summed E-state index contributed by atoms with van der Waals surface area (Å²) in [5.74, 6) is -0.396. The monoisotopic (exact) mass is 193 g/mol. The van der Waals surface area contributed by atoms with Gasteiger partial charge in [-0.2, -0.15) is 0 Å². The summed E-state index contributed by atoms with van der Waals surface area (Å²) in [6, 6.07) is 1.63. The van der Waals surface area contributed by atoms with Crippen LogP contribution in [0.3, 0.4) is 0 Å². The Kier molecular flexibility index (Phi) is 2.22. The van der Waals surface area contributed by atoms with E-state index in [0.717, 1.165) is 6.29 Å². The Balaban J connectivity index is 2.45. The number of hydrogen-bond donors (Lipinski definition) is 0. The molecule has 0 aliphatic carbocycles. The van der Waals surface area contributed by atoms with Gasteiger partial charge in [0.15, 0.2) is 11.5 Å². The SMILES string of the molecule is O=CCCc1ccn2cnnc2c1F. The summed E-state index contributed by atoms with van der Waals surface area (Å²) in [5, 5.41) is 7.22. The van der Waals surface area contributed by atoms with E-state index >= 15 is 0 Å². The number of carbonyl (C=O) groups excluding carboxylic acids is 1. The van der Waals surface area contributed by atoms with Gasteiger partial charge in [-0.3, -0.25) is 4.40 Å². The Morgan fingerprint density at radius 2 is 2.43 bits per heavy atom. The minimum Gasteiger partial charge on any atom is -0.303 e. The van der Waals surface area contributed by atoms with Crippen LogP contribution in [-0.4, -0.2) is 20.9 Å². The molecule has 0 atom stereocenters. The topological polar surface area (TPSA) is 47.3 Å². The zero-order valence-corrected chi connectivity index (χ0v) is 7.35. The van der Waals surface area contributed by atoms with Crippen LogP contribution in [0.2, 0.25) is 0 Å². The Hall–Kier alpha value is -1.78. The second kappa shape index (κ2) is 3.53. The predicted molar refractivity (Wildman–Crippen MR) is 47.3 cm³/mol. The number of aryl methyl sites for hydroxylation is 1. The maximum Gasteiger partial charge on any atom is 0.196 e. The third kappa shape index (κ3) is 1.37. The first-order valence-corrected chi connectivity index (χ1v) is 4.23. The third-order valence-corrected chi connectivity index (χ3v) is 2.02. The number of pyridine rings is 1. The molecule has 5 heteroatoms. The highest BCUT2D eigenvalue weighted by atomic mass is 19.1. The molecule has 0 aromatic carbocycles. The fourth-order valence-corrected chi connectivity index (χ4v) is 1.30. The standard InChI is InChI=1S/C9H8FN3O/c10-8-7(2-1-5-14)3-4-13-6-11-12-9(8)13/h3-6H,1-2H2. The van der Waals surface area contributed by atoms with Crippen molar-refractivity contribution in [3.63, 3.8) is 0 Å². The number of nitrogens with zero attached hydrogens (tertiary/aromatic N) is 3. The Labute approximate surface area is 79.4 Å². The number of aromatic nitrogens is 3. The van der Waals surface area contributed by atoms with E-state index in [0.29, 0.717) is 18.4 Å². The first kappa shape index (κ1) is 8.80. The average molecular weight is 193 g/mol. The van der Waals surface area contributed by atoms with Crippen molar-refractivity contribution in [2.24, 2.45) is 0 Å². The summed E-state index contributed by atoms with van der Waals surface area (Å²) >= 11 is 0. The lowest BCUT2D eigenvalue weighted by Gasteiger charge is -2.00. The van der Waals surface area contributed by atoms with Crippen molar-refractivity contribution in [1.82, 2.24) is 14.6 Å². The highest BCUT2D eigenvalue weighted by Crippen LogP contribution is 2.13. The molecule has 0 N–H and O–H groups in total. The van der Waals surface area contributed by atoms with Gasteiger partial charge in [-0.25, -0.2) is 4.39 Å². The molecule has 2 heterocycles. The summed E-state index contributed by atoms with van der Waals surface area (Å²) in [6.07, 6.45) is 4.61. The van der Waals surface area contributed by atoms with Crippen molar-refractivity contribution >= 4 is 11.9 Å². The van der Waals surface area contributed by atoms with Gasteiger partial charge in [0.2, 0.25) is 0 Å². The van der Waals surface area contributed by atoms with Crippen molar-refractivity contribution in [2.75, 3.05) is 0 Å². The minimum absolute atomic E-state index is 0.202. The molecule has 2 rings (SSSR count). The Bertz CT molecular complexity index is 466. The largest absolute Gasteiger partial charge is 0.303 e. The Morgan fingerprint density at radius 1 is 1.57 bits per heavy atom. The first-order chi connectivity index (χ1) is 6.83. The molecule has 0 saturated heterocycles. The molecule has 2 aromatic heterocycles. The molecule has 0 fully saturated rings. The molecule has 0 aliphatic rings. The van der Waals surface area contributed by atoms with Crippen LogP contribution in [0.4, 0.5) is 4.39 Å². The van der Waals surface area contributed by atoms with E-state index in [1.54, 1.807) is 12.3 Å². The van der Waals surface area contributed by atoms with Crippen LogP contribution < -0.4 is 0 Å². The van der Waals surface area contributed by atoms with Crippen molar-refractivity contribution in [1.29, 1.82) is 0 Å². The summed E-state index contributed by atoms with van der Waals surface area (Å²) < 4.78 is 15.1. The van der Waals surface area contributed by atoms with E-state index in [-0.39, 0.29) is 5.65 Å². The van der Waals surface area contributed by atoms with E-state index in [9.17, 15) is 9.18 Å². The number of fused-ring (bicyclic) bond motifs is 1. The number of aldehydes is 1. The van der Waals surface area contributed by atoms with Gasteiger partial charge < -0.3 is 4.79 Å². The second-order valence-electron chi connectivity index (χ2n) is 2.92. The van der Waals surface area contributed by atoms with Crippen molar-refractivity contribution < 1.29 is 9.18 Å². The highest BCUT2D eigenvalue weighted by Gasteiger charge is 2.08. The molecule has 0 aliphatic heterocycles. The van der Waals surface area contributed by atoms with Crippen LogP contribution in [-0.2, 0) is 11.2 Å². The lowest BCUT2D eigenvalue weighted by Crippen LogP contribution is -1.96. The van der Waals surface area contributed by atoms with Crippen molar-refractivity contribution in [3.8, 4) is 0 Å². The van der Waals surface area contributed by atoms with Crippen molar-refractivity contribution in [2.45, 2.75) is 12.8 Å². The molecule has 2 aromatic rings. The lowest BCUT2D eigenvalue weighted by molar-refractivity contribution is -0.107. The number of hydrogen-bond acceptors (Lipinski definition) is 3. The van der Waals surface area contributed by atoms with Gasteiger partial charge in [0.05, 0.1) is 0 Å². The molecule has 0 spiro atoms. The maximum atomic E-state index is 13.6. The van der Waals surface area contributed by atoms with E-state index in [1.807, 2.05) is 0 Å². The molecule has 4 nitrogen and oxygen atoms in total. The van der Waals surface area contributed by atoms with Gasteiger partial charge >= 0.3 is 0 Å². The normalized spacial score (nSPS) is 10.6. The smallest absolute Gasteiger partial charge is 0.196 e. The second-order valence-corrected chi connectivity index (χ2v) is 2.92. The van der Waals surface area contributed by atoms with E-state index in [4.69, 9.17) is 0 Å². The fourth-order valence-electron chi connectivity index (χ4n) is 1.30. The molecule has 0 unspecified atom stereocenters. The molecule has 72 valence electrons. The molecule has 0 bridgehead atoms. The molecular formula is C9H8FN3O. The molecule has 0 saturated carbocycles. The molecule has 0 radical (unpaired) electrons. The zero-order valence-electron chi connectivity index (χ0n) is 7.35. The fraction of sp³-hybridized carbons (Fsp3) is 0.222. The Morgan fingerprint density at radius 3 is 3.21 bits per heavy atom. The van der Waals surface area contributed by atoms with Crippen LogP contribution in [0.25, 0.3) is 5.65 Å². The van der Waals surface area contributed by atoms with E-state index < -0.39 is 5.82 Å². The molecule has 14 heavy (non-hydrogen) atoms. The number of halogens is 1. The van der Waals surface area contributed by atoms with Gasteiger partial charge in [0, 0.05) is 12.6 Å². The maximum absolute atomic E-state index is 13.6. The van der Waals surface area contributed by atoms with Gasteiger partial charge in [0.1, 0.15) is 12.6 Å². The van der Waals surface area contributed by atoms with Crippen LogP contribution >= 0.6 is 0 Å². The minimum atomic E-state index is -0.396. The predicted octanol–water partition coefficient (Wildman–Crippen LogP) is 1.000. The van der Waals surface area contributed by atoms with Gasteiger partial charge in [-0.15, -0.1) is 10.2 Å². The summed E-state index contributed by atoms with van der Waals surface area (Å²) in [4.78, 5) is 10.1. The van der Waals surface area contributed by atoms with Crippen LogP contribution in [0.15, 0.2) is 18.6 Å². The summed E-state index contributed by atoms with van der Waals surface area (Å²) in [6.45, 7) is 0. The van der Waals surface area contributed by atoms with Crippen molar-refractivity contribution in [3.05, 3.63) is 30.0 Å². The number of carbonyl (C=O) groups is 1. The van der Waals surface area contributed by atoms with Gasteiger partial charge in [0.25, 0.3) is 0 Å². The third-order valence-electron chi connectivity index (χ3n) is 2.02. The first-order valence-electron chi connectivity index (χ1n) is 4.23. The summed E-state index contributed by atoms with van der Waals surface area (Å²) in [7, 11) is 0. The molecular weight excluding hydrogens is 185 g/mol. The number of rotatable bonds is 3. The zero-order chi connectivity index (χ0) is 9.97. The van der Waals surface area contributed by atoms with Gasteiger partial charge in [-0.05, 0) is 18.1 Å².